The molecule has 0 bridgehead atoms. The van der Waals surface area contributed by atoms with Crippen LogP contribution in [0.1, 0.15) is 65.3 Å². The zero-order valence-electron chi connectivity index (χ0n) is 12.4. The van der Waals surface area contributed by atoms with E-state index in [4.69, 9.17) is 0 Å². The van der Waals surface area contributed by atoms with Crippen LogP contribution in [0.4, 0.5) is 0 Å². The van der Waals surface area contributed by atoms with Gasteiger partial charge in [0.2, 0.25) is 0 Å². The molecule has 0 spiro atoms. The van der Waals surface area contributed by atoms with Crippen molar-refractivity contribution in [1.29, 1.82) is 0 Å². The quantitative estimate of drug-likeness (QED) is 0.679. The van der Waals surface area contributed by atoms with Gasteiger partial charge in [0.25, 0.3) is 5.56 Å². The summed E-state index contributed by atoms with van der Waals surface area (Å²) in [6.07, 6.45) is 8.09. The number of hydrogen-bond donors (Lipinski definition) is 0. The van der Waals surface area contributed by atoms with Gasteiger partial charge in [0.1, 0.15) is 0 Å². The highest BCUT2D eigenvalue weighted by atomic mass is 16.2. The third-order valence-electron chi connectivity index (χ3n) is 3.65. The summed E-state index contributed by atoms with van der Waals surface area (Å²) in [5.41, 5.74) is -0.350. The van der Waals surface area contributed by atoms with Gasteiger partial charge in [-0.05, 0) is 19.8 Å². The van der Waals surface area contributed by atoms with E-state index < -0.39 is 0 Å². The summed E-state index contributed by atoms with van der Waals surface area (Å²) in [5, 5.41) is 0. The topological polar surface area (TPSA) is 44.0 Å². The lowest BCUT2D eigenvalue weighted by Crippen LogP contribution is -2.39. The molecule has 0 radical (unpaired) electrons. The van der Waals surface area contributed by atoms with Crippen molar-refractivity contribution in [1.82, 2.24) is 9.13 Å². The molecule has 0 aliphatic rings. The Balaban J connectivity index is 2.77. The number of hydrogen-bond acceptors (Lipinski definition) is 2. The molecule has 0 saturated heterocycles. The van der Waals surface area contributed by atoms with Crippen LogP contribution in [0.3, 0.4) is 0 Å². The number of nitrogens with zero attached hydrogens (tertiary/aromatic N) is 2. The number of unbranched alkanes of at least 4 members (excludes halogenated alkanes) is 4. The Morgan fingerprint density at radius 1 is 1.11 bits per heavy atom. The van der Waals surface area contributed by atoms with Gasteiger partial charge < -0.3 is 0 Å². The van der Waals surface area contributed by atoms with E-state index in [2.05, 4.69) is 6.92 Å². The molecule has 1 atom stereocenters. The van der Waals surface area contributed by atoms with Crippen molar-refractivity contribution in [2.24, 2.45) is 0 Å². The lowest BCUT2D eigenvalue weighted by molar-refractivity contribution is 0.456. The molecular formula is C15H26N2O2. The minimum atomic E-state index is -0.181. The van der Waals surface area contributed by atoms with Crippen LogP contribution in [0.5, 0.6) is 0 Å². The smallest absolute Gasteiger partial charge is 0.298 e. The Hall–Kier alpha value is -1.32. The first-order valence-electron chi connectivity index (χ1n) is 7.43. The Morgan fingerprint density at radius 3 is 2.42 bits per heavy atom. The third-order valence-corrected chi connectivity index (χ3v) is 3.65. The van der Waals surface area contributed by atoms with E-state index in [1.807, 2.05) is 13.8 Å². The molecule has 4 heteroatoms. The van der Waals surface area contributed by atoms with Crippen molar-refractivity contribution >= 4 is 0 Å². The molecule has 108 valence electrons. The maximum Gasteiger partial charge on any atom is 0.331 e. The summed E-state index contributed by atoms with van der Waals surface area (Å²) in [6, 6.07) is 1.64. The number of rotatable bonds is 8. The molecule has 19 heavy (non-hydrogen) atoms. The lowest BCUT2D eigenvalue weighted by atomic mass is 10.1. The van der Waals surface area contributed by atoms with E-state index in [0.29, 0.717) is 6.54 Å². The van der Waals surface area contributed by atoms with Gasteiger partial charge in [0, 0.05) is 24.8 Å². The zero-order chi connectivity index (χ0) is 14.3. The van der Waals surface area contributed by atoms with E-state index in [1.54, 1.807) is 10.8 Å². The van der Waals surface area contributed by atoms with E-state index >= 15 is 0 Å². The molecular weight excluding hydrogens is 240 g/mol. The van der Waals surface area contributed by atoms with E-state index in [-0.39, 0.29) is 17.3 Å². The first-order valence-corrected chi connectivity index (χ1v) is 7.43. The number of aromatic nitrogens is 2. The molecule has 0 fully saturated rings. The fourth-order valence-corrected chi connectivity index (χ4v) is 2.14. The van der Waals surface area contributed by atoms with Gasteiger partial charge >= 0.3 is 5.69 Å². The van der Waals surface area contributed by atoms with Gasteiger partial charge in [0.15, 0.2) is 0 Å². The minimum Gasteiger partial charge on any atom is -0.298 e. The van der Waals surface area contributed by atoms with Gasteiger partial charge in [0.05, 0.1) is 0 Å². The molecule has 1 aromatic rings. The molecule has 1 aromatic heterocycles. The van der Waals surface area contributed by atoms with Crippen LogP contribution >= 0.6 is 0 Å². The molecule has 4 nitrogen and oxygen atoms in total. The van der Waals surface area contributed by atoms with Gasteiger partial charge in [-0.3, -0.25) is 13.9 Å². The van der Waals surface area contributed by atoms with Crippen LogP contribution in [-0.4, -0.2) is 9.13 Å². The Kier molecular flexibility index (Phi) is 6.60. The predicted octanol–water partition coefficient (Wildman–Crippen LogP) is 2.95. The van der Waals surface area contributed by atoms with Gasteiger partial charge in [-0.2, -0.15) is 0 Å². The normalized spacial score (nSPS) is 12.6. The van der Waals surface area contributed by atoms with Crippen LogP contribution in [0.15, 0.2) is 21.9 Å². The summed E-state index contributed by atoms with van der Waals surface area (Å²) in [5.74, 6) is 0. The summed E-state index contributed by atoms with van der Waals surface area (Å²) in [6.45, 7) is 6.75. The fraction of sp³-hybridized carbons (Fsp3) is 0.733. The maximum atomic E-state index is 12.2. The molecule has 0 aromatic carbocycles. The average molecular weight is 266 g/mol. The van der Waals surface area contributed by atoms with Crippen molar-refractivity contribution in [3.05, 3.63) is 33.1 Å². The molecule has 0 N–H and O–H groups in total. The summed E-state index contributed by atoms with van der Waals surface area (Å²) in [7, 11) is 0. The van der Waals surface area contributed by atoms with Crippen molar-refractivity contribution in [3.63, 3.8) is 0 Å². The second-order valence-corrected chi connectivity index (χ2v) is 5.17. The van der Waals surface area contributed by atoms with Crippen LogP contribution < -0.4 is 11.2 Å². The predicted molar refractivity (Wildman–Crippen MR) is 78.7 cm³/mol. The lowest BCUT2D eigenvalue weighted by Gasteiger charge is -2.14. The monoisotopic (exact) mass is 266 g/mol. The van der Waals surface area contributed by atoms with Gasteiger partial charge in [-0.15, -0.1) is 0 Å². The Morgan fingerprint density at radius 2 is 1.79 bits per heavy atom. The molecule has 0 saturated carbocycles. The first kappa shape index (κ1) is 15.7. The molecule has 0 aliphatic heterocycles. The molecule has 0 aliphatic carbocycles. The van der Waals surface area contributed by atoms with E-state index in [9.17, 15) is 9.59 Å². The Bertz CT molecular complexity index is 488. The third kappa shape index (κ3) is 4.37. The van der Waals surface area contributed by atoms with Gasteiger partial charge in [-0.25, -0.2) is 4.79 Å². The van der Waals surface area contributed by atoms with Crippen molar-refractivity contribution in [2.75, 3.05) is 0 Å². The Labute approximate surface area is 115 Å². The SMILES string of the molecule is CCCCCCCn1c(=O)ccn(C(C)CC)c1=O. The van der Waals surface area contributed by atoms with E-state index in [1.165, 1.54) is 29.9 Å². The highest BCUT2D eigenvalue weighted by Crippen LogP contribution is 2.05. The minimum absolute atomic E-state index is 0.138. The summed E-state index contributed by atoms with van der Waals surface area (Å²) < 4.78 is 3.03. The van der Waals surface area contributed by atoms with Crippen molar-refractivity contribution in [3.8, 4) is 0 Å². The van der Waals surface area contributed by atoms with Crippen LogP contribution in [-0.2, 0) is 6.54 Å². The maximum absolute atomic E-state index is 12.2. The largest absolute Gasteiger partial charge is 0.331 e. The van der Waals surface area contributed by atoms with Crippen molar-refractivity contribution in [2.45, 2.75) is 71.9 Å². The van der Waals surface area contributed by atoms with Gasteiger partial charge in [-0.1, -0.05) is 39.5 Å². The van der Waals surface area contributed by atoms with Crippen LogP contribution in [0, 0.1) is 0 Å². The van der Waals surface area contributed by atoms with Crippen LogP contribution in [0.2, 0.25) is 0 Å². The second kappa shape index (κ2) is 7.97. The molecule has 1 unspecified atom stereocenters. The van der Waals surface area contributed by atoms with Crippen molar-refractivity contribution < 1.29 is 0 Å². The highest BCUT2D eigenvalue weighted by Gasteiger charge is 2.08. The standard InChI is InChI=1S/C15H26N2O2/c1-4-6-7-8-9-11-17-14(18)10-12-16(15(17)19)13(3)5-2/h10,12-13H,4-9,11H2,1-3H3. The molecule has 1 heterocycles. The summed E-state index contributed by atoms with van der Waals surface area (Å²) >= 11 is 0. The first-order chi connectivity index (χ1) is 9.11. The molecule has 1 rings (SSSR count). The highest BCUT2D eigenvalue weighted by molar-refractivity contribution is 4.88. The zero-order valence-corrected chi connectivity index (χ0v) is 12.4. The van der Waals surface area contributed by atoms with E-state index in [0.717, 1.165) is 19.3 Å². The average Bonchev–Trinajstić information content (AvgIpc) is 2.41. The summed E-state index contributed by atoms with van der Waals surface area (Å²) in [4.78, 5) is 24.0. The second-order valence-electron chi connectivity index (χ2n) is 5.17. The fourth-order valence-electron chi connectivity index (χ4n) is 2.14. The van der Waals surface area contributed by atoms with Crippen LogP contribution in [0.25, 0.3) is 0 Å². The molecule has 0 amide bonds.